The lowest BCUT2D eigenvalue weighted by molar-refractivity contribution is -0.142. The third-order valence-electron chi connectivity index (χ3n) is 2.35. The normalized spacial score (nSPS) is 10.2. The third-order valence-corrected chi connectivity index (χ3v) is 2.35. The Bertz CT molecular complexity index is 491. The van der Waals surface area contributed by atoms with Gasteiger partial charge in [0, 0.05) is 0 Å². The van der Waals surface area contributed by atoms with Crippen LogP contribution in [0.3, 0.4) is 0 Å². The van der Waals surface area contributed by atoms with Crippen LogP contribution >= 0.6 is 0 Å². The van der Waals surface area contributed by atoms with Crippen molar-refractivity contribution in [3.63, 3.8) is 0 Å². The highest BCUT2D eigenvalue weighted by Gasteiger charge is 2.08. The second-order valence-electron chi connectivity index (χ2n) is 3.62. The number of carbonyl (C=O) groups is 1. The number of nitrogens with one attached hydrogen (secondary N) is 1. The van der Waals surface area contributed by atoms with E-state index in [0.717, 1.165) is 11.3 Å². The molecule has 0 aliphatic carbocycles. The Kier molecular flexibility index (Phi) is 3.55. The number of H-pyrrole nitrogens is 1. The summed E-state index contributed by atoms with van der Waals surface area (Å²) in [5.41, 5.74) is 2.65. The van der Waals surface area contributed by atoms with Gasteiger partial charge >= 0.3 is 5.97 Å². The number of aromatic amines is 1. The summed E-state index contributed by atoms with van der Waals surface area (Å²) in [4.78, 5) is 11.3. The second-order valence-corrected chi connectivity index (χ2v) is 3.62. The molecule has 0 bridgehead atoms. The van der Waals surface area contributed by atoms with Gasteiger partial charge in [0.1, 0.15) is 0 Å². The maximum Gasteiger partial charge on any atom is 0.311 e. The average molecular weight is 230 g/mol. The Balaban J connectivity index is 2.09. The number of carbonyl (C=O) groups excluding carboxylic acids is 1. The molecule has 4 nitrogen and oxygen atoms in total. The smallest absolute Gasteiger partial charge is 0.311 e. The second kappa shape index (κ2) is 5.30. The first-order valence-electron chi connectivity index (χ1n) is 5.55. The van der Waals surface area contributed by atoms with E-state index >= 15 is 0 Å². The molecule has 1 aromatic carbocycles. The molecule has 88 valence electrons. The number of esters is 1. The molecule has 0 amide bonds. The van der Waals surface area contributed by atoms with Crippen molar-refractivity contribution in [3.05, 3.63) is 42.1 Å². The van der Waals surface area contributed by atoms with Gasteiger partial charge in [0.05, 0.1) is 24.4 Å². The maximum absolute atomic E-state index is 11.3. The van der Waals surface area contributed by atoms with Crippen LogP contribution in [0.5, 0.6) is 0 Å². The van der Waals surface area contributed by atoms with Crippen LogP contribution in [-0.2, 0) is 16.0 Å². The molecule has 0 fully saturated rings. The van der Waals surface area contributed by atoms with Gasteiger partial charge in [0.15, 0.2) is 0 Å². The van der Waals surface area contributed by atoms with E-state index in [9.17, 15) is 4.79 Å². The third kappa shape index (κ3) is 2.93. The van der Waals surface area contributed by atoms with Gasteiger partial charge in [-0.15, -0.1) is 0 Å². The molecule has 1 aromatic heterocycles. The summed E-state index contributed by atoms with van der Waals surface area (Å²) in [5, 5.41) is 7.00. The molecule has 2 rings (SSSR count). The fourth-order valence-electron chi connectivity index (χ4n) is 1.58. The Morgan fingerprint density at radius 3 is 2.82 bits per heavy atom. The van der Waals surface area contributed by atoms with Gasteiger partial charge in [0.25, 0.3) is 0 Å². The number of benzene rings is 1. The van der Waals surface area contributed by atoms with Gasteiger partial charge in [-0.1, -0.05) is 30.3 Å². The zero-order chi connectivity index (χ0) is 12.1. The van der Waals surface area contributed by atoms with E-state index in [1.54, 1.807) is 6.92 Å². The van der Waals surface area contributed by atoms with E-state index in [1.807, 2.05) is 36.4 Å². The Morgan fingerprint density at radius 1 is 1.35 bits per heavy atom. The average Bonchev–Trinajstić information content (AvgIpc) is 2.79. The van der Waals surface area contributed by atoms with Gasteiger partial charge in [-0.25, -0.2) is 0 Å². The summed E-state index contributed by atoms with van der Waals surface area (Å²) in [7, 11) is 0. The van der Waals surface area contributed by atoms with E-state index in [-0.39, 0.29) is 12.4 Å². The standard InChI is InChI=1S/C13H14N2O2/c1-2-17-13(16)9-11-8-12(15-14-11)10-6-4-3-5-7-10/h3-8H,2,9H2,1H3,(H,14,15). The highest BCUT2D eigenvalue weighted by atomic mass is 16.5. The highest BCUT2D eigenvalue weighted by Crippen LogP contribution is 2.17. The lowest BCUT2D eigenvalue weighted by atomic mass is 10.1. The van der Waals surface area contributed by atoms with E-state index in [0.29, 0.717) is 12.3 Å². The van der Waals surface area contributed by atoms with Crippen LogP contribution < -0.4 is 0 Å². The Morgan fingerprint density at radius 2 is 2.12 bits per heavy atom. The number of ether oxygens (including phenoxy) is 1. The lowest BCUT2D eigenvalue weighted by Gasteiger charge is -1.97. The molecule has 4 heteroatoms. The number of aromatic nitrogens is 2. The first kappa shape index (κ1) is 11.4. The molecule has 17 heavy (non-hydrogen) atoms. The molecular formula is C13H14N2O2. The number of nitrogens with zero attached hydrogens (tertiary/aromatic N) is 1. The van der Waals surface area contributed by atoms with E-state index < -0.39 is 0 Å². The van der Waals surface area contributed by atoms with Crippen molar-refractivity contribution in [1.82, 2.24) is 10.2 Å². The molecular weight excluding hydrogens is 216 g/mol. The van der Waals surface area contributed by atoms with Gasteiger partial charge in [0.2, 0.25) is 0 Å². The van der Waals surface area contributed by atoms with Crippen molar-refractivity contribution < 1.29 is 9.53 Å². The summed E-state index contributed by atoms with van der Waals surface area (Å²) in [6.07, 6.45) is 0.206. The van der Waals surface area contributed by atoms with Gasteiger partial charge < -0.3 is 4.74 Å². The van der Waals surface area contributed by atoms with E-state index in [4.69, 9.17) is 4.74 Å². The van der Waals surface area contributed by atoms with Crippen molar-refractivity contribution in [1.29, 1.82) is 0 Å². The van der Waals surface area contributed by atoms with E-state index in [2.05, 4.69) is 10.2 Å². The molecule has 0 saturated carbocycles. The topological polar surface area (TPSA) is 55.0 Å². The van der Waals surface area contributed by atoms with Crippen molar-refractivity contribution >= 4 is 5.97 Å². The first-order chi connectivity index (χ1) is 8.29. The lowest BCUT2D eigenvalue weighted by Crippen LogP contribution is -2.07. The predicted molar refractivity (Wildman–Crippen MR) is 64.4 cm³/mol. The number of hydrogen-bond acceptors (Lipinski definition) is 3. The molecule has 0 spiro atoms. The fraction of sp³-hybridized carbons (Fsp3) is 0.231. The van der Waals surface area contributed by atoms with Crippen LogP contribution in [0.15, 0.2) is 36.4 Å². The molecule has 0 aliphatic rings. The van der Waals surface area contributed by atoms with Crippen molar-refractivity contribution in [2.75, 3.05) is 6.61 Å². The van der Waals surface area contributed by atoms with Crippen molar-refractivity contribution in [3.8, 4) is 11.3 Å². The van der Waals surface area contributed by atoms with Gasteiger partial charge in [-0.05, 0) is 18.6 Å². The minimum absolute atomic E-state index is 0.206. The van der Waals surface area contributed by atoms with Crippen molar-refractivity contribution in [2.45, 2.75) is 13.3 Å². The van der Waals surface area contributed by atoms with Crippen LogP contribution in [0.2, 0.25) is 0 Å². The summed E-state index contributed by atoms with van der Waals surface area (Å²) in [6, 6.07) is 11.7. The molecule has 0 aliphatic heterocycles. The van der Waals surface area contributed by atoms with Crippen LogP contribution in [0.1, 0.15) is 12.6 Å². The van der Waals surface area contributed by atoms with Crippen LogP contribution in [-0.4, -0.2) is 22.8 Å². The molecule has 0 radical (unpaired) electrons. The molecule has 1 N–H and O–H groups in total. The van der Waals surface area contributed by atoms with Crippen LogP contribution in [0.25, 0.3) is 11.3 Å². The zero-order valence-electron chi connectivity index (χ0n) is 9.64. The van der Waals surface area contributed by atoms with E-state index in [1.165, 1.54) is 0 Å². The molecule has 2 aromatic rings. The Labute approximate surface area is 99.6 Å². The quantitative estimate of drug-likeness (QED) is 0.819. The summed E-state index contributed by atoms with van der Waals surface area (Å²) in [5.74, 6) is -0.251. The summed E-state index contributed by atoms with van der Waals surface area (Å²) in [6.45, 7) is 2.19. The Hall–Kier alpha value is -2.10. The van der Waals surface area contributed by atoms with Gasteiger partial charge in [-0.2, -0.15) is 5.10 Å². The van der Waals surface area contributed by atoms with Crippen molar-refractivity contribution in [2.24, 2.45) is 0 Å². The predicted octanol–water partition coefficient (Wildman–Crippen LogP) is 2.18. The summed E-state index contributed by atoms with van der Waals surface area (Å²) < 4.78 is 4.87. The summed E-state index contributed by atoms with van der Waals surface area (Å²) >= 11 is 0. The monoisotopic (exact) mass is 230 g/mol. The fourth-order valence-corrected chi connectivity index (χ4v) is 1.58. The SMILES string of the molecule is CCOC(=O)Cc1cc(-c2ccccc2)[nH]n1. The van der Waals surface area contributed by atoms with Crippen LogP contribution in [0.4, 0.5) is 0 Å². The number of hydrogen-bond donors (Lipinski definition) is 1. The molecule has 1 heterocycles. The highest BCUT2D eigenvalue weighted by molar-refractivity contribution is 5.72. The number of rotatable bonds is 4. The molecule has 0 saturated heterocycles. The minimum Gasteiger partial charge on any atom is -0.466 e. The molecule has 0 unspecified atom stereocenters. The van der Waals surface area contributed by atoms with Crippen LogP contribution in [0, 0.1) is 0 Å². The zero-order valence-corrected chi connectivity index (χ0v) is 9.64. The first-order valence-corrected chi connectivity index (χ1v) is 5.55. The van der Waals surface area contributed by atoms with Gasteiger partial charge in [-0.3, -0.25) is 9.89 Å². The largest absolute Gasteiger partial charge is 0.466 e. The minimum atomic E-state index is -0.251. The molecule has 0 atom stereocenters. The maximum atomic E-state index is 11.3.